The zero-order valence-corrected chi connectivity index (χ0v) is 33.2. The molecule has 1 heteroatoms. The molecule has 10 aromatic carbocycles. The molecule has 14 rings (SSSR count). The molecule has 4 aliphatic rings. The van der Waals surface area contributed by atoms with Gasteiger partial charge in [-0.3, -0.25) is 0 Å². The Morgan fingerprint density at radius 3 is 1.33 bits per heavy atom. The van der Waals surface area contributed by atoms with Crippen LogP contribution in [-0.2, 0) is 10.8 Å². The number of ether oxygens (including phenoxy) is 1. The number of hydrogen-bond acceptors (Lipinski definition) is 1. The van der Waals surface area contributed by atoms with Gasteiger partial charge in [0, 0.05) is 11.1 Å². The summed E-state index contributed by atoms with van der Waals surface area (Å²) in [6, 6.07) is 81.5. The molecule has 0 aromatic heterocycles. The van der Waals surface area contributed by atoms with E-state index in [1.165, 1.54) is 111 Å². The van der Waals surface area contributed by atoms with Crippen molar-refractivity contribution in [2.75, 3.05) is 0 Å². The second-order valence-corrected chi connectivity index (χ2v) is 17.0. The van der Waals surface area contributed by atoms with Gasteiger partial charge < -0.3 is 4.74 Å². The van der Waals surface area contributed by atoms with E-state index in [4.69, 9.17) is 4.74 Å². The fraction of sp³-hybridized carbons (Fsp3) is 0.0333. The Bertz CT molecular complexity index is 3470. The minimum absolute atomic E-state index is 0.462. The van der Waals surface area contributed by atoms with Crippen LogP contribution < -0.4 is 4.74 Å². The SMILES string of the molecule is c1ccc2c(c1)Oc1ccc(-c3ccccc3-c3ccc4c(c3)C3(c5ccccc5-4)c4ccccc4-c4ccc5ccccc5c43)cc1C21c2ccccc2-c2ccccc21. The molecule has 61 heavy (non-hydrogen) atoms. The van der Waals surface area contributed by atoms with E-state index in [1.807, 2.05) is 0 Å². The van der Waals surface area contributed by atoms with E-state index in [9.17, 15) is 0 Å². The van der Waals surface area contributed by atoms with Crippen molar-refractivity contribution in [3.05, 3.63) is 263 Å². The monoisotopic (exact) mass is 772 g/mol. The topological polar surface area (TPSA) is 9.23 Å². The first-order chi connectivity index (χ1) is 30.3. The van der Waals surface area contributed by atoms with Crippen molar-refractivity contribution in [3.8, 4) is 67.1 Å². The summed E-state index contributed by atoms with van der Waals surface area (Å²) in [6.45, 7) is 0. The Labute approximate surface area is 354 Å². The fourth-order valence-electron chi connectivity index (χ4n) is 12.1. The van der Waals surface area contributed by atoms with Gasteiger partial charge in [-0.15, -0.1) is 0 Å². The van der Waals surface area contributed by atoms with Crippen LogP contribution in [0.25, 0.3) is 66.4 Å². The Kier molecular flexibility index (Phi) is 6.48. The zero-order valence-electron chi connectivity index (χ0n) is 33.2. The van der Waals surface area contributed by atoms with E-state index in [-0.39, 0.29) is 0 Å². The predicted molar refractivity (Wildman–Crippen MR) is 248 cm³/mol. The molecule has 0 fully saturated rings. The molecule has 2 spiro atoms. The van der Waals surface area contributed by atoms with E-state index in [2.05, 4.69) is 218 Å². The Morgan fingerprint density at radius 1 is 0.262 bits per heavy atom. The summed E-state index contributed by atoms with van der Waals surface area (Å²) in [4.78, 5) is 0. The van der Waals surface area contributed by atoms with Gasteiger partial charge in [0.05, 0.1) is 10.8 Å². The molecule has 1 unspecified atom stereocenters. The minimum atomic E-state index is -0.528. The first-order valence-corrected chi connectivity index (χ1v) is 21.3. The van der Waals surface area contributed by atoms with E-state index in [0.717, 1.165) is 11.5 Å². The van der Waals surface area contributed by atoms with Crippen LogP contribution in [-0.4, -0.2) is 0 Å². The summed E-state index contributed by atoms with van der Waals surface area (Å²) in [6.07, 6.45) is 0. The maximum Gasteiger partial charge on any atom is 0.132 e. The van der Waals surface area contributed by atoms with Gasteiger partial charge in [-0.25, -0.2) is 0 Å². The molecule has 0 radical (unpaired) electrons. The second-order valence-electron chi connectivity index (χ2n) is 17.0. The predicted octanol–water partition coefficient (Wildman–Crippen LogP) is 15.0. The van der Waals surface area contributed by atoms with Crippen LogP contribution in [0.1, 0.15) is 44.5 Å². The highest BCUT2D eigenvalue weighted by molar-refractivity contribution is 6.04. The second kappa shape index (κ2) is 11.9. The molecule has 0 N–H and O–H groups in total. The zero-order chi connectivity index (χ0) is 39.9. The lowest BCUT2D eigenvalue weighted by Gasteiger charge is -2.39. The smallest absolute Gasteiger partial charge is 0.132 e. The van der Waals surface area contributed by atoms with E-state index in [1.54, 1.807) is 0 Å². The third-order valence-corrected chi connectivity index (χ3v) is 14.4. The van der Waals surface area contributed by atoms with Gasteiger partial charge >= 0.3 is 0 Å². The Morgan fingerprint density at radius 2 is 0.689 bits per heavy atom. The van der Waals surface area contributed by atoms with Crippen molar-refractivity contribution in [1.82, 2.24) is 0 Å². The standard InChI is InChI=1S/C60H36O/c1-2-18-42-37(15-1)29-33-48-46-22-8-12-26-52(46)60(58(42)48)51-25-11-7-21-45(51)47-32-30-38(35-54(47)60)40-16-3-4-17-41(40)39-31-34-57-55(36-39)59(53-27-13-14-28-56(53)61-57)49-23-9-5-19-43(49)44-20-6-10-24-50(44)59/h1-36H. The number of fused-ring (bicyclic) bond motifs is 21. The number of rotatable bonds is 2. The Balaban J connectivity index is 1.01. The van der Waals surface area contributed by atoms with E-state index < -0.39 is 10.8 Å². The number of para-hydroxylation sites is 1. The van der Waals surface area contributed by atoms with Crippen molar-refractivity contribution in [2.24, 2.45) is 0 Å². The van der Waals surface area contributed by atoms with Gasteiger partial charge in [-0.2, -0.15) is 0 Å². The van der Waals surface area contributed by atoms with Gasteiger partial charge in [0.15, 0.2) is 0 Å². The lowest BCUT2D eigenvalue weighted by molar-refractivity contribution is 0.436. The number of benzene rings is 10. The normalized spacial score (nSPS) is 16.2. The van der Waals surface area contributed by atoms with Gasteiger partial charge in [0.25, 0.3) is 0 Å². The van der Waals surface area contributed by atoms with Crippen LogP contribution in [0.15, 0.2) is 218 Å². The molecule has 0 saturated carbocycles. The number of hydrogen-bond donors (Lipinski definition) is 0. The summed E-state index contributed by atoms with van der Waals surface area (Å²) >= 11 is 0. The molecule has 0 bridgehead atoms. The van der Waals surface area contributed by atoms with Crippen LogP contribution in [0.5, 0.6) is 11.5 Å². The third-order valence-electron chi connectivity index (χ3n) is 14.4. The quantitative estimate of drug-likeness (QED) is 0.170. The molecular formula is C60H36O. The first kappa shape index (κ1) is 33.1. The molecule has 1 nitrogen and oxygen atoms in total. The highest BCUT2D eigenvalue weighted by Crippen LogP contribution is 2.65. The lowest BCUT2D eigenvalue weighted by Crippen LogP contribution is -2.32. The highest BCUT2D eigenvalue weighted by Gasteiger charge is 2.53. The summed E-state index contributed by atoms with van der Waals surface area (Å²) < 4.78 is 6.82. The molecule has 1 heterocycles. The molecule has 1 aliphatic heterocycles. The van der Waals surface area contributed by atoms with Crippen molar-refractivity contribution in [3.63, 3.8) is 0 Å². The average Bonchev–Trinajstić information content (AvgIpc) is 3.92. The summed E-state index contributed by atoms with van der Waals surface area (Å²) in [7, 11) is 0. The maximum absolute atomic E-state index is 6.82. The van der Waals surface area contributed by atoms with Crippen molar-refractivity contribution >= 4 is 10.8 Å². The van der Waals surface area contributed by atoms with Crippen LogP contribution in [0.2, 0.25) is 0 Å². The summed E-state index contributed by atoms with van der Waals surface area (Å²) in [5.74, 6) is 1.81. The third kappa shape index (κ3) is 4.06. The van der Waals surface area contributed by atoms with Crippen LogP contribution in [0.3, 0.4) is 0 Å². The summed E-state index contributed by atoms with van der Waals surface area (Å²) in [5.41, 5.74) is 22.0. The molecule has 3 aliphatic carbocycles. The van der Waals surface area contributed by atoms with E-state index >= 15 is 0 Å². The van der Waals surface area contributed by atoms with Gasteiger partial charge in [0.2, 0.25) is 0 Å². The Hall–Kier alpha value is -7.74. The van der Waals surface area contributed by atoms with Crippen LogP contribution in [0, 0.1) is 0 Å². The molecule has 10 aromatic rings. The lowest BCUT2D eigenvalue weighted by atomic mass is 9.65. The largest absolute Gasteiger partial charge is 0.457 e. The van der Waals surface area contributed by atoms with Crippen molar-refractivity contribution in [1.29, 1.82) is 0 Å². The van der Waals surface area contributed by atoms with E-state index in [0.29, 0.717) is 0 Å². The summed E-state index contributed by atoms with van der Waals surface area (Å²) in [5, 5.41) is 2.58. The van der Waals surface area contributed by atoms with Gasteiger partial charge in [-0.1, -0.05) is 194 Å². The van der Waals surface area contributed by atoms with Crippen LogP contribution in [0.4, 0.5) is 0 Å². The van der Waals surface area contributed by atoms with Crippen molar-refractivity contribution < 1.29 is 4.74 Å². The van der Waals surface area contributed by atoms with Gasteiger partial charge in [0.1, 0.15) is 11.5 Å². The fourth-order valence-corrected chi connectivity index (χ4v) is 12.1. The van der Waals surface area contributed by atoms with Crippen LogP contribution >= 0.6 is 0 Å². The van der Waals surface area contributed by atoms with Crippen molar-refractivity contribution in [2.45, 2.75) is 10.8 Å². The molecule has 282 valence electrons. The highest BCUT2D eigenvalue weighted by atomic mass is 16.5. The molecule has 0 saturated heterocycles. The average molecular weight is 773 g/mol. The minimum Gasteiger partial charge on any atom is -0.457 e. The maximum atomic E-state index is 6.82. The van der Waals surface area contributed by atoms with Gasteiger partial charge in [-0.05, 0) is 124 Å². The first-order valence-electron chi connectivity index (χ1n) is 21.3. The molecule has 1 atom stereocenters. The molecule has 0 amide bonds. The molecular weight excluding hydrogens is 737 g/mol.